The second-order valence-corrected chi connectivity index (χ2v) is 7.32. The maximum Gasteiger partial charge on any atom is 0.153 e. The third-order valence-electron chi connectivity index (χ3n) is 3.48. The van der Waals surface area contributed by atoms with Gasteiger partial charge < -0.3 is 0 Å². The molecule has 0 amide bonds. The first-order valence-corrected chi connectivity index (χ1v) is 8.53. The molecular formula is C14H15FN2O2S. The van der Waals surface area contributed by atoms with E-state index in [4.69, 9.17) is 0 Å². The maximum atomic E-state index is 13.0. The molecule has 106 valence electrons. The minimum absolute atomic E-state index is 0.0382. The molecule has 0 aliphatic heterocycles. The highest BCUT2D eigenvalue weighted by molar-refractivity contribution is 7.89. The van der Waals surface area contributed by atoms with Gasteiger partial charge in [-0.3, -0.25) is 0 Å². The fraction of sp³-hybridized carbons (Fsp3) is 0.357. The molecule has 3 rings (SSSR count). The Kier molecular flexibility index (Phi) is 3.12. The van der Waals surface area contributed by atoms with Gasteiger partial charge in [0.25, 0.3) is 0 Å². The zero-order valence-corrected chi connectivity index (χ0v) is 12.0. The summed E-state index contributed by atoms with van der Waals surface area (Å²) in [5, 5.41) is 4.43. The summed E-state index contributed by atoms with van der Waals surface area (Å²) in [6.45, 7) is 0. The number of benzene rings is 1. The minimum atomic E-state index is -3.11. The van der Waals surface area contributed by atoms with Gasteiger partial charge in [-0.1, -0.05) is 0 Å². The summed E-state index contributed by atoms with van der Waals surface area (Å²) in [7, 11) is -3.11. The smallest absolute Gasteiger partial charge is 0.153 e. The predicted octanol–water partition coefficient (Wildman–Crippen LogP) is 2.04. The Labute approximate surface area is 117 Å². The Hall–Kier alpha value is -1.69. The molecule has 0 fully saturated rings. The monoisotopic (exact) mass is 294 g/mol. The molecule has 1 aliphatic rings. The number of aromatic nitrogens is 2. The standard InChI is InChI=1S/C14H15FN2O2S/c1-20(18,19)9-13-12-3-2-4-14(12)17(16-13)11-7-5-10(15)6-8-11/h5-8H,2-4,9H2,1H3. The van der Waals surface area contributed by atoms with E-state index in [1.807, 2.05) is 0 Å². The van der Waals surface area contributed by atoms with Gasteiger partial charge in [0.2, 0.25) is 0 Å². The molecule has 0 atom stereocenters. The highest BCUT2D eigenvalue weighted by Gasteiger charge is 2.24. The van der Waals surface area contributed by atoms with E-state index in [1.54, 1.807) is 16.8 Å². The van der Waals surface area contributed by atoms with Gasteiger partial charge in [-0.05, 0) is 49.1 Å². The quantitative estimate of drug-likeness (QED) is 0.870. The Morgan fingerprint density at radius 1 is 1.25 bits per heavy atom. The lowest BCUT2D eigenvalue weighted by atomic mass is 10.2. The molecule has 6 heteroatoms. The summed E-state index contributed by atoms with van der Waals surface area (Å²) in [5.74, 6) is -0.335. The van der Waals surface area contributed by atoms with Crippen molar-refractivity contribution in [2.24, 2.45) is 0 Å². The number of hydrogen-bond acceptors (Lipinski definition) is 3. The van der Waals surface area contributed by atoms with Crippen LogP contribution in [0.15, 0.2) is 24.3 Å². The zero-order chi connectivity index (χ0) is 14.3. The lowest BCUT2D eigenvalue weighted by molar-refractivity contribution is 0.599. The Balaban J connectivity index is 2.09. The van der Waals surface area contributed by atoms with Gasteiger partial charge in [-0.15, -0.1) is 0 Å². The van der Waals surface area contributed by atoms with Crippen LogP contribution in [-0.4, -0.2) is 24.5 Å². The zero-order valence-electron chi connectivity index (χ0n) is 11.1. The second-order valence-electron chi connectivity index (χ2n) is 5.18. The maximum absolute atomic E-state index is 13.0. The van der Waals surface area contributed by atoms with E-state index in [0.717, 1.165) is 36.2 Å². The lowest BCUT2D eigenvalue weighted by Gasteiger charge is -2.05. The van der Waals surface area contributed by atoms with Crippen molar-refractivity contribution in [2.45, 2.75) is 25.0 Å². The van der Waals surface area contributed by atoms with Crippen LogP contribution in [0.25, 0.3) is 5.69 Å². The molecule has 1 aliphatic carbocycles. The largest absolute Gasteiger partial charge is 0.237 e. The van der Waals surface area contributed by atoms with Crippen molar-refractivity contribution >= 4 is 9.84 Å². The summed E-state index contributed by atoms with van der Waals surface area (Å²) >= 11 is 0. The highest BCUT2D eigenvalue weighted by Crippen LogP contribution is 2.28. The van der Waals surface area contributed by atoms with Gasteiger partial charge in [-0.2, -0.15) is 5.10 Å². The number of rotatable bonds is 3. The Bertz CT molecular complexity index is 748. The summed E-state index contributed by atoms with van der Waals surface area (Å²) < 4.78 is 37.7. The molecule has 0 N–H and O–H groups in total. The van der Waals surface area contributed by atoms with E-state index < -0.39 is 9.84 Å². The summed E-state index contributed by atoms with van der Waals surface area (Å²) in [5.41, 5.74) is 3.49. The summed E-state index contributed by atoms with van der Waals surface area (Å²) in [6, 6.07) is 6.08. The normalized spacial score (nSPS) is 14.5. The molecule has 0 unspecified atom stereocenters. The average Bonchev–Trinajstić information content (AvgIpc) is 2.93. The van der Waals surface area contributed by atoms with Gasteiger partial charge in [0, 0.05) is 11.9 Å². The van der Waals surface area contributed by atoms with Crippen molar-refractivity contribution in [3.8, 4) is 5.69 Å². The van der Waals surface area contributed by atoms with Crippen molar-refractivity contribution in [1.82, 2.24) is 9.78 Å². The van der Waals surface area contributed by atoms with E-state index in [-0.39, 0.29) is 11.6 Å². The molecule has 0 radical (unpaired) electrons. The van der Waals surface area contributed by atoms with Crippen molar-refractivity contribution in [3.63, 3.8) is 0 Å². The van der Waals surface area contributed by atoms with Gasteiger partial charge >= 0.3 is 0 Å². The van der Waals surface area contributed by atoms with Crippen LogP contribution in [0.1, 0.15) is 23.4 Å². The van der Waals surface area contributed by atoms with Crippen molar-refractivity contribution in [3.05, 3.63) is 47.0 Å². The number of fused-ring (bicyclic) bond motifs is 1. The van der Waals surface area contributed by atoms with Crippen LogP contribution in [0.5, 0.6) is 0 Å². The molecule has 0 saturated carbocycles. The van der Waals surface area contributed by atoms with E-state index in [2.05, 4.69) is 5.10 Å². The van der Waals surface area contributed by atoms with Crippen LogP contribution in [0.4, 0.5) is 4.39 Å². The fourth-order valence-corrected chi connectivity index (χ4v) is 3.40. The number of halogens is 1. The van der Waals surface area contributed by atoms with E-state index in [0.29, 0.717) is 5.69 Å². The van der Waals surface area contributed by atoms with Crippen LogP contribution in [-0.2, 0) is 28.4 Å². The first kappa shape index (κ1) is 13.3. The van der Waals surface area contributed by atoms with E-state index in [9.17, 15) is 12.8 Å². The minimum Gasteiger partial charge on any atom is -0.237 e. The molecule has 0 saturated heterocycles. The SMILES string of the molecule is CS(=O)(=O)Cc1nn(-c2ccc(F)cc2)c2c1CCC2. The van der Waals surface area contributed by atoms with Crippen LogP contribution >= 0.6 is 0 Å². The van der Waals surface area contributed by atoms with Crippen molar-refractivity contribution < 1.29 is 12.8 Å². The Morgan fingerprint density at radius 2 is 1.95 bits per heavy atom. The average molecular weight is 294 g/mol. The van der Waals surface area contributed by atoms with Crippen molar-refractivity contribution in [1.29, 1.82) is 0 Å². The second kappa shape index (κ2) is 4.70. The first-order chi connectivity index (χ1) is 9.44. The van der Waals surface area contributed by atoms with Gasteiger partial charge in [0.1, 0.15) is 5.82 Å². The summed E-state index contributed by atoms with van der Waals surface area (Å²) in [6.07, 6.45) is 3.96. The van der Waals surface area contributed by atoms with Crippen LogP contribution in [0.2, 0.25) is 0 Å². The number of sulfone groups is 1. The molecule has 4 nitrogen and oxygen atoms in total. The van der Waals surface area contributed by atoms with Gasteiger partial charge in [0.15, 0.2) is 9.84 Å². The predicted molar refractivity (Wildman–Crippen MR) is 74.1 cm³/mol. The van der Waals surface area contributed by atoms with Crippen molar-refractivity contribution in [2.75, 3.05) is 6.26 Å². The molecular weight excluding hydrogens is 279 g/mol. The number of nitrogens with zero attached hydrogens (tertiary/aromatic N) is 2. The van der Waals surface area contributed by atoms with Crippen LogP contribution in [0, 0.1) is 5.82 Å². The van der Waals surface area contributed by atoms with Crippen LogP contribution < -0.4 is 0 Å². The third-order valence-corrected chi connectivity index (χ3v) is 4.28. The summed E-state index contributed by atoms with van der Waals surface area (Å²) in [4.78, 5) is 0. The fourth-order valence-electron chi connectivity index (χ4n) is 2.67. The lowest BCUT2D eigenvalue weighted by Crippen LogP contribution is -2.05. The highest BCUT2D eigenvalue weighted by atomic mass is 32.2. The number of hydrogen-bond donors (Lipinski definition) is 0. The molecule has 1 aromatic carbocycles. The molecule has 0 bridgehead atoms. The third kappa shape index (κ3) is 2.47. The van der Waals surface area contributed by atoms with E-state index in [1.165, 1.54) is 18.4 Å². The van der Waals surface area contributed by atoms with Gasteiger partial charge in [-0.25, -0.2) is 17.5 Å². The molecule has 1 aromatic heterocycles. The first-order valence-electron chi connectivity index (χ1n) is 6.47. The molecule has 1 heterocycles. The van der Waals surface area contributed by atoms with Gasteiger partial charge in [0.05, 0.1) is 17.1 Å². The molecule has 20 heavy (non-hydrogen) atoms. The van der Waals surface area contributed by atoms with Crippen LogP contribution in [0.3, 0.4) is 0 Å². The van der Waals surface area contributed by atoms with E-state index >= 15 is 0 Å². The molecule has 2 aromatic rings. The molecule has 0 spiro atoms. The Morgan fingerprint density at radius 3 is 2.60 bits per heavy atom. The topological polar surface area (TPSA) is 52.0 Å².